The third-order valence-corrected chi connectivity index (χ3v) is 4.52. The zero-order valence-corrected chi connectivity index (χ0v) is 16.7. The molecule has 0 saturated heterocycles. The van der Waals surface area contributed by atoms with Crippen LogP contribution in [0.1, 0.15) is 5.56 Å². The molecule has 32 heavy (non-hydrogen) atoms. The van der Waals surface area contributed by atoms with Gasteiger partial charge >= 0.3 is 12.4 Å². The first-order valence-electron chi connectivity index (χ1n) is 9.38. The molecule has 0 fully saturated rings. The van der Waals surface area contributed by atoms with Crippen LogP contribution in [0.15, 0.2) is 65.2 Å². The van der Waals surface area contributed by atoms with Gasteiger partial charge in [0.05, 0.1) is 5.39 Å². The van der Waals surface area contributed by atoms with Crippen LogP contribution in [0, 0.1) is 6.92 Å². The fourth-order valence-corrected chi connectivity index (χ4v) is 3.26. The molecular weight excluding hydrogens is 425 g/mol. The smallest absolute Gasteiger partial charge is 0.406 e. The molecule has 4 aromatic rings. The van der Waals surface area contributed by atoms with E-state index < -0.39 is 18.1 Å². The number of aryl methyl sites for hydroxylation is 1. The number of nitrogen functional groups attached to an aromatic ring is 1. The molecule has 0 aliphatic heterocycles. The number of ether oxygens (including phenoxy) is 1. The number of alkyl halides is 3. The summed E-state index contributed by atoms with van der Waals surface area (Å²) in [6.07, 6.45) is -4.82. The Bertz CT molecular complexity index is 1280. The number of nitrogens with two attached hydrogens (primary N) is 1. The summed E-state index contributed by atoms with van der Waals surface area (Å²) in [6.45, 7) is 1.93. The van der Waals surface area contributed by atoms with Crippen molar-refractivity contribution in [3.63, 3.8) is 0 Å². The average molecular weight is 442 g/mol. The number of hydrogen-bond acceptors (Lipinski definition) is 5. The molecule has 3 aromatic carbocycles. The van der Waals surface area contributed by atoms with Gasteiger partial charge in [0.1, 0.15) is 5.75 Å². The van der Waals surface area contributed by atoms with Gasteiger partial charge < -0.3 is 25.6 Å². The van der Waals surface area contributed by atoms with Gasteiger partial charge in [0.15, 0.2) is 11.4 Å². The van der Waals surface area contributed by atoms with E-state index in [1.807, 2.05) is 19.1 Å². The Morgan fingerprint density at radius 2 is 1.75 bits per heavy atom. The van der Waals surface area contributed by atoms with Gasteiger partial charge in [-0.15, -0.1) is 13.2 Å². The summed E-state index contributed by atoms with van der Waals surface area (Å²) in [6, 6.07) is 15.2. The Morgan fingerprint density at radius 1 is 1.03 bits per heavy atom. The number of hydrogen-bond donors (Lipinski definition) is 3. The van der Waals surface area contributed by atoms with Crippen molar-refractivity contribution >= 4 is 34.2 Å². The summed E-state index contributed by atoms with van der Waals surface area (Å²) < 4.78 is 46.2. The van der Waals surface area contributed by atoms with E-state index in [4.69, 9.17) is 10.3 Å². The number of urea groups is 1. The number of aromatic nitrogens is 1. The van der Waals surface area contributed by atoms with Gasteiger partial charge in [0.2, 0.25) is 0 Å². The monoisotopic (exact) mass is 442 g/mol. The van der Waals surface area contributed by atoms with E-state index in [1.54, 1.807) is 24.3 Å². The van der Waals surface area contributed by atoms with E-state index in [1.165, 1.54) is 12.1 Å². The van der Waals surface area contributed by atoms with Crippen molar-refractivity contribution in [2.24, 2.45) is 0 Å². The minimum atomic E-state index is -4.82. The van der Waals surface area contributed by atoms with Crippen LogP contribution in [0.2, 0.25) is 0 Å². The van der Waals surface area contributed by atoms with E-state index in [2.05, 4.69) is 20.5 Å². The van der Waals surface area contributed by atoms with Gasteiger partial charge in [-0.2, -0.15) is 0 Å². The topological polar surface area (TPSA) is 102 Å². The number of halogens is 3. The highest BCUT2D eigenvalue weighted by atomic mass is 19.4. The highest BCUT2D eigenvalue weighted by Crippen LogP contribution is 2.34. The Labute approximate surface area is 179 Å². The molecule has 0 atom stereocenters. The van der Waals surface area contributed by atoms with E-state index in [9.17, 15) is 18.0 Å². The van der Waals surface area contributed by atoms with Gasteiger partial charge in [0.25, 0.3) is 0 Å². The molecule has 0 aliphatic rings. The lowest BCUT2D eigenvalue weighted by Crippen LogP contribution is -2.20. The average Bonchev–Trinajstić information content (AvgIpc) is 3.07. The number of rotatable bonds is 4. The predicted molar refractivity (Wildman–Crippen MR) is 114 cm³/mol. The minimum absolute atomic E-state index is 0.144. The normalized spacial score (nSPS) is 11.4. The number of benzene rings is 3. The van der Waals surface area contributed by atoms with E-state index in [-0.39, 0.29) is 11.5 Å². The molecular formula is C22H17F3N4O3. The van der Waals surface area contributed by atoms with E-state index in [0.717, 1.165) is 28.8 Å². The second kappa shape index (κ2) is 8.14. The minimum Gasteiger partial charge on any atom is -0.406 e. The largest absolute Gasteiger partial charge is 0.573 e. The first kappa shape index (κ1) is 21.0. The predicted octanol–water partition coefficient (Wildman–Crippen LogP) is 5.93. The Morgan fingerprint density at radius 3 is 2.47 bits per heavy atom. The van der Waals surface area contributed by atoms with Crippen LogP contribution in [0.4, 0.5) is 35.2 Å². The zero-order chi connectivity index (χ0) is 22.9. The van der Waals surface area contributed by atoms with Gasteiger partial charge in [-0.3, -0.25) is 0 Å². The quantitative estimate of drug-likeness (QED) is 0.364. The van der Waals surface area contributed by atoms with Crippen molar-refractivity contribution in [1.29, 1.82) is 0 Å². The van der Waals surface area contributed by atoms with Crippen LogP contribution in [-0.2, 0) is 0 Å². The first-order valence-corrected chi connectivity index (χ1v) is 9.38. The lowest BCUT2D eigenvalue weighted by atomic mass is 9.99. The highest BCUT2D eigenvalue weighted by Gasteiger charge is 2.31. The van der Waals surface area contributed by atoms with Gasteiger partial charge in [-0.1, -0.05) is 29.4 Å². The molecule has 0 aliphatic carbocycles. The molecule has 1 heterocycles. The number of anilines is 3. The molecule has 164 valence electrons. The molecule has 10 heteroatoms. The van der Waals surface area contributed by atoms with Crippen LogP contribution in [-0.4, -0.2) is 17.6 Å². The summed E-state index contributed by atoms with van der Waals surface area (Å²) in [5, 5.41) is 9.60. The van der Waals surface area contributed by atoms with Crippen LogP contribution >= 0.6 is 0 Å². The summed E-state index contributed by atoms with van der Waals surface area (Å²) in [5.41, 5.74) is 9.80. The zero-order valence-electron chi connectivity index (χ0n) is 16.7. The number of nitrogens with zero attached hydrogens (tertiary/aromatic N) is 1. The molecule has 4 rings (SSSR count). The maximum atomic E-state index is 12.4. The molecule has 7 nitrogen and oxygen atoms in total. The molecule has 0 saturated carbocycles. The van der Waals surface area contributed by atoms with E-state index in [0.29, 0.717) is 16.7 Å². The maximum Gasteiger partial charge on any atom is 0.573 e. The maximum absolute atomic E-state index is 12.4. The van der Waals surface area contributed by atoms with Crippen molar-refractivity contribution < 1.29 is 27.2 Å². The summed E-state index contributed by atoms with van der Waals surface area (Å²) in [4.78, 5) is 12.2. The standard InChI is InChI=1S/C22H17F3N4O3/c1-12-9-17(19-18(10-12)32-29-20(19)26)13-5-7-14(8-6-13)27-21(30)28-15-3-2-4-16(11-15)31-22(23,24)25/h2-11H,1H3,(H2,26,29)(H2,27,28,30). The third kappa shape index (κ3) is 4.75. The second-order valence-corrected chi connectivity index (χ2v) is 6.99. The van der Waals surface area contributed by atoms with E-state index >= 15 is 0 Å². The van der Waals surface area contributed by atoms with Crippen molar-refractivity contribution in [3.05, 3.63) is 66.2 Å². The summed E-state index contributed by atoms with van der Waals surface area (Å²) >= 11 is 0. The van der Waals surface area contributed by atoms with Crippen LogP contribution in [0.25, 0.3) is 22.1 Å². The Hall–Kier alpha value is -4.21. The number of fused-ring (bicyclic) bond motifs is 1. The van der Waals surface area contributed by atoms with Crippen LogP contribution < -0.4 is 21.1 Å². The number of nitrogens with one attached hydrogen (secondary N) is 2. The first-order chi connectivity index (χ1) is 15.2. The fraction of sp³-hybridized carbons (Fsp3) is 0.0909. The van der Waals surface area contributed by atoms with Crippen LogP contribution in [0.3, 0.4) is 0 Å². The van der Waals surface area contributed by atoms with Crippen molar-refractivity contribution in [3.8, 4) is 16.9 Å². The van der Waals surface area contributed by atoms with Crippen molar-refractivity contribution in [2.45, 2.75) is 13.3 Å². The lowest BCUT2D eigenvalue weighted by molar-refractivity contribution is -0.274. The molecule has 0 radical (unpaired) electrons. The third-order valence-electron chi connectivity index (χ3n) is 4.52. The number of carbonyl (C=O) groups is 1. The SMILES string of the molecule is Cc1cc(-c2ccc(NC(=O)Nc3cccc(OC(F)(F)F)c3)cc2)c2c(N)noc2c1. The number of amides is 2. The molecule has 1 aromatic heterocycles. The molecule has 0 bridgehead atoms. The fourth-order valence-electron chi connectivity index (χ4n) is 3.26. The van der Waals surface area contributed by atoms with Gasteiger partial charge in [0, 0.05) is 17.4 Å². The van der Waals surface area contributed by atoms with Gasteiger partial charge in [-0.05, 0) is 53.9 Å². The summed E-state index contributed by atoms with van der Waals surface area (Å²) in [5.74, 6) is -0.148. The Balaban J connectivity index is 1.47. The van der Waals surface area contributed by atoms with Crippen molar-refractivity contribution in [1.82, 2.24) is 5.16 Å². The molecule has 2 amide bonds. The molecule has 0 unspecified atom stereocenters. The van der Waals surface area contributed by atoms with Gasteiger partial charge in [-0.25, -0.2) is 4.79 Å². The molecule has 4 N–H and O–H groups in total. The van der Waals surface area contributed by atoms with Crippen LogP contribution in [0.5, 0.6) is 5.75 Å². The molecule has 0 spiro atoms. The lowest BCUT2D eigenvalue weighted by Gasteiger charge is -2.12. The summed E-state index contributed by atoms with van der Waals surface area (Å²) in [7, 11) is 0. The second-order valence-electron chi connectivity index (χ2n) is 6.99. The van der Waals surface area contributed by atoms with Crippen molar-refractivity contribution in [2.75, 3.05) is 16.4 Å². The highest BCUT2D eigenvalue weighted by molar-refractivity contribution is 6.02. The number of carbonyl (C=O) groups excluding carboxylic acids is 1. The Kier molecular flexibility index (Phi) is 5.35.